The summed E-state index contributed by atoms with van der Waals surface area (Å²) in [7, 11) is 0. The number of aromatic nitrogens is 1. The predicted molar refractivity (Wildman–Crippen MR) is 154 cm³/mol. The van der Waals surface area contributed by atoms with Crippen LogP contribution >= 0.6 is 22.9 Å². The van der Waals surface area contributed by atoms with Gasteiger partial charge in [0.15, 0.2) is 0 Å². The third-order valence-electron chi connectivity index (χ3n) is 7.60. The Bertz CT molecular complexity index is 1490. The molecule has 0 aliphatic carbocycles. The molecule has 0 unspecified atom stereocenters. The minimum Gasteiger partial charge on any atom is -0.483 e. The Morgan fingerprint density at radius 3 is 2.67 bits per heavy atom. The SMILES string of the molecule is O=C1CCN(CC(F)(F)F)C(=O)N1Cc1cc2nccc(-c3cc(Cl)cc4c3N([C@H]3CCNC3)CCC4)c2s1.O=CO. The van der Waals surface area contributed by atoms with Gasteiger partial charge in [-0.2, -0.15) is 13.2 Å². The summed E-state index contributed by atoms with van der Waals surface area (Å²) in [4.78, 5) is 43.0. The summed E-state index contributed by atoms with van der Waals surface area (Å²) in [6.45, 7) is 0.923. The highest BCUT2D eigenvalue weighted by atomic mass is 35.5. The Morgan fingerprint density at radius 1 is 1.17 bits per heavy atom. The van der Waals surface area contributed by atoms with E-state index in [2.05, 4.69) is 15.2 Å². The van der Waals surface area contributed by atoms with Crippen LogP contribution in [0.5, 0.6) is 0 Å². The number of amides is 3. The van der Waals surface area contributed by atoms with Crippen molar-refractivity contribution in [2.24, 2.45) is 0 Å². The molecule has 0 spiro atoms. The lowest BCUT2D eigenvalue weighted by Gasteiger charge is -2.38. The van der Waals surface area contributed by atoms with Gasteiger partial charge in [-0.1, -0.05) is 11.6 Å². The zero-order valence-corrected chi connectivity index (χ0v) is 24.1. The lowest BCUT2D eigenvalue weighted by Crippen LogP contribution is -2.53. The van der Waals surface area contributed by atoms with Gasteiger partial charge in [0.05, 0.1) is 16.8 Å². The molecule has 9 nitrogen and oxygen atoms in total. The second-order valence-electron chi connectivity index (χ2n) is 10.3. The van der Waals surface area contributed by atoms with Crippen molar-refractivity contribution in [2.45, 2.75) is 44.4 Å². The third-order valence-corrected chi connectivity index (χ3v) is 8.96. The molecule has 5 heterocycles. The van der Waals surface area contributed by atoms with Crippen molar-refractivity contribution in [1.29, 1.82) is 0 Å². The number of carbonyl (C=O) groups excluding carboxylic acids is 2. The van der Waals surface area contributed by atoms with Gasteiger partial charge in [0.25, 0.3) is 6.47 Å². The molecule has 3 aliphatic heterocycles. The number of imide groups is 1. The molecule has 42 heavy (non-hydrogen) atoms. The Kier molecular flexibility index (Phi) is 8.90. The maximum atomic E-state index is 13.0. The number of carbonyl (C=O) groups is 3. The first-order valence-electron chi connectivity index (χ1n) is 13.5. The predicted octanol–water partition coefficient (Wildman–Crippen LogP) is 5.15. The van der Waals surface area contributed by atoms with Crippen LogP contribution in [0.1, 0.15) is 29.7 Å². The average Bonchev–Trinajstić information content (AvgIpc) is 3.62. The maximum absolute atomic E-state index is 13.0. The summed E-state index contributed by atoms with van der Waals surface area (Å²) in [6.07, 6.45) is 0.125. The van der Waals surface area contributed by atoms with Crippen LogP contribution in [0.3, 0.4) is 0 Å². The van der Waals surface area contributed by atoms with Gasteiger partial charge in [0, 0.05) is 65.0 Å². The van der Waals surface area contributed by atoms with E-state index in [1.807, 2.05) is 24.3 Å². The fourth-order valence-corrected chi connectivity index (χ4v) is 7.28. The van der Waals surface area contributed by atoms with Crippen LogP contribution in [-0.2, 0) is 22.6 Å². The third kappa shape index (κ3) is 6.32. The van der Waals surface area contributed by atoms with Crippen molar-refractivity contribution in [3.8, 4) is 11.1 Å². The highest BCUT2D eigenvalue weighted by Gasteiger charge is 2.39. The van der Waals surface area contributed by atoms with Crippen LogP contribution in [0, 0.1) is 0 Å². The minimum atomic E-state index is -4.53. The van der Waals surface area contributed by atoms with E-state index in [-0.39, 0.29) is 26.0 Å². The first-order chi connectivity index (χ1) is 20.1. The van der Waals surface area contributed by atoms with Gasteiger partial charge in [0.1, 0.15) is 6.54 Å². The van der Waals surface area contributed by atoms with Gasteiger partial charge in [-0.3, -0.25) is 19.5 Å². The number of hydrogen-bond donors (Lipinski definition) is 2. The highest BCUT2D eigenvalue weighted by molar-refractivity contribution is 7.19. The van der Waals surface area contributed by atoms with Gasteiger partial charge < -0.3 is 20.2 Å². The molecule has 3 aliphatic rings. The van der Waals surface area contributed by atoms with Crippen molar-refractivity contribution < 1.29 is 32.7 Å². The summed E-state index contributed by atoms with van der Waals surface area (Å²) in [5, 5.41) is 11.0. The van der Waals surface area contributed by atoms with Gasteiger partial charge in [-0.15, -0.1) is 11.3 Å². The number of anilines is 1. The second kappa shape index (κ2) is 12.4. The minimum absolute atomic E-state index is 0.0972. The van der Waals surface area contributed by atoms with E-state index in [9.17, 15) is 22.8 Å². The number of urea groups is 1. The van der Waals surface area contributed by atoms with Gasteiger partial charge in [-0.25, -0.2) is 4.79 Å². The number of rotatable bonds is 5. The molecule has 0 bridgehead atoms. The fourth-order valence-electron chi connectivity index (χ4n) is 5.90. The van der Waals surface area contributed by atoms with E-state index in [4.69, 9.17) is 21.5 Å². The molecule has 1 atom stereocenters. The number of nitrogens with one attached hydrogen (secondary N) is 1. The Hall–Kier alpha value is -3.42. The first-order valence-corrected chi connectivity index (χ1v) is 14.7. The lowest BCUT2D eigenvalue weighted by molar-refractivity contribution is -0.149. The Balaban J connectivity index is 0.00000113. The number of pyridine rings is 1. The van der Waals surface area contributed by atoms with Crippen LogP contribution < -0.4 is 10.2 Å². The van der Waals surface area contributed by atoms with Crippen LogP contribution in [-0.4, -0.2) is 83.2 Å². The fraction of sp³-hybridized carbons (Fsp3) is 0.429. The van der Waals surface area contributed by atoms with Crippen molar-refractivity contribution in [3.63, 3.8) is 0 Å². The molecular formula is C28H29ClF3N5O4S. The quantitative estimate of drug-likeness (QED) is 0.379. The molecule has 3 amide bonds. The lowest BCUT2D eigenvalue weighted by atomic mass is 9.92. The largest absolute Gasteiger partial charge is 0.483 e. The maximum Gasteiger partial charge on any atom is 0.406 e. The smallest absolute Gasteiger partial charge is 0.406 e. The summed E-state index contributed by atoms with van der Waals surface area (Å²) < 4.78 is 39.8. The van der Waals surface area contributed by atoms with E-state index in [1.165, 1.54) is 22.6 Å². The number of hydrogen-bond acceptors (Lipinski definition) is 7. The zero-order valence-electron chi connectivity index (χ0n) is 22.5. The van der Waals surface area contributed by atoms with E-state index < -0.39 is 24.7 Å². The summed E-state index contributed by atoms with van der Waals surface area (Å²) in [5.41, 5.74) is 5.09. The van der Waals surface area contributed by atoms with E-state index in [1.54, 1.807) is 6.20 Å². The molecule has 3 aromatic rings. The van der Waals surface area contributed by atoms with Crippen molar-refractivity contribution in [3.05, 3.63) is 45.9 Å². The average molecular weight is 624 g/mol. The summed E-state index contributed by atoms with van der Waals surface area (Å²) >= 11 is 8.00. The van der Waals surface area contributed by atoms with E-state index in [0.717, 1.165) is 59.6 Å². The normalized spacial score (nSPS) is 19.1. The zero-order chi connectivity index (χ0) is 30.0. The standard InChI is InChI=1S/C27H27ClF3N5O2S.CH2O2/c28-17-10-16-2-1-8-35(18-3-6-32-13-18)24(16)21(11-17)20-4-7-33-22-12-19(39-25(20)22)14-36-23(37)5-9-34(26(36)38)15-27(29,30)31;2-1-3/h4,7,10-12,18,32H,1-3,5-6,8-9,13-15H2;1H,(H,2,3)/t18-;/m0./s1. The monoisotopic (exact) mass is 623 g/mol. The van der Waals surface area contributed by atoms with Gasteiger partial charge in [-0.05, 0) is 55.6 Å². The molecule has 6 rings (SSSR count). The number of fused-ring (bicyclic) bond motifs is 2. The highest BCUT2D eigenvalue weighted by Crippen LogP contribution is 2.44. The molecule has 2 N–H and O–H groups in total. The number of halogens is 4. The number of benzene rings is 1. The topological polar surface area (TPSA) is 106 Å². The number of aryl methyl sites for hydroxylation is 1. The van der Waals surface area contributed by atoms with Crippen LogP contribution in [0.4, 0.5) is 23.7 Å². The molecule has 2 aromatic heterocycles. The van der Waals surface area contributed by atoms with Crippen LogP contribution in [0.15, 0.2) is 30.5 Å². The summed E-state index contributed by atoms with van der Waals surface area (Å²) in [6, 6.07) is 7.28. The second-order valence-corrected chi connectivity index (χ2v) is 11.9. The number of alkyl halides is 3. The number of nitrogens with zero attached hydrogens (tertiary/aromatic N) is 4. The molecule has 2 fully saturated rings. The van der Waals surface area contributed by atoms with E-state index in [0.29, 0.717) is 26.4 Å². The Labute approximate surface area is 248 Å². The number of thiophene rings is 1. The van der Waals surface area contributed by atoms with Crippen molar-refractivity contribution in [1.82, 2.24) is 20.1 Å². The van der Waals surface area contributed by atoms with Crippen molar-refractivity contribution >= 4 is 57.3 Å². The van der Waals surface area contributed by atoms with Crippen LogP contribution in [0.25, 0.3) is 21.3 Å². The van der Waals surface area contributed by atoms with E-state index >= 15 is 0 Å². The molecule has 0 radical (unpaired) electrons. The van der Waals surface area contributed by atoms with Crippen molar-refractivity contribution in [2.75, 3.05) is 37.6 Å². The summed E-state index contributed by atoms with van der Waals surface area (Å²) in [5.74, 6) is -0.478. The molecule has 224 valence electrons. The molecule has 14 heteroatoms. The molecule has 0 saturated carbocycles. The van der Waals surface area contributed by atoms with Crippen LogP contribution in [0.2, 0.25) is 5.02 Å². The Morgan fingerprint density at radius 2 is 1.95 bits per heavy atom. The molecule has 1 aromatic carbocycles. The van der Waals surface area contributed by atoms with Gasteiger partial charge >= 0.3 is 12.2 Å². The number of carboxylic acid groups (broad SMARTS) is 1. The first kappa shape index (κ1) is 30.1. The van der Waals surface area contributed by atoms with Gasteiger partial charge in [0.2, 0.25) is 5.91 Å². The molecule has 2 saturated heterocycles. The molecular weight excluding hydrogens is 595 g/mol.